The zero-order valence-corrected chi connectivity index (χ0v) is 11.7. The van der Waals surface area contributed by atoms with Gasteiger partial charge < -0.3 is 10.6 Å². The Morgan fingerprint density at radius 3 is 2.84 bits per heavy atom. The molecule has 0 spiro atoms. The van der Waals surface area contributed by atoms with E-state index in [-0.39, 0.29) is 17.4 Å². The molecule has 1 aliphatic heterocycles. The molecule has 1 aromatic rings. The fourth-order valence-electron chi connectivity index (χ4n) is 2.87. The average molecular weight is 279 g/mol. The lowest BCUT2D eigenvalue weighted by Gasteiger charge is -2.19. The van der Waals surface area contributed by atoms with Crippen LogP contribution in [-0.4, -0.2) is 25.0 Å². The van der Waals surface area contributed by atoms with E-state index in [0.29, 0.717) is 6.54 Å². The monoisotopic (exact) mass is 278 g/mol. The first-order chi connectivity index (χ1) is 9.21. The summed E-state index contributed by atoms with van der Waals surface area (Å²) in [5, 5.41) is 7.13. The summed E-state index contributed by atoms with van der Waals surface area (Å²) in [4.78, 5) is 12.0. The summed E-state index contributed by atoms with van der Waals surface area (Å²) in [7, 11) is 0. The molecule has 3 nitrogen and oxygen atoms in total. The predicted molar refractivity (Wildman–Crippen MR) is 76.4 cm³/mol. The quantitative estimate of drug-likeness (QED) is 0.887. The number of carbonyl (C=O) groups is 1. The minimum atomic E-state index is 0.00189. The highest BCUT2D eigenvalue weighted by Gasteiger charge is 2.45. The van der Waals surface area contributed by atoms with Gasteiger partial charge in [0.05, 0.1) is 6.04 Å². The molecule has 1 saturated heterocycles. The zero-order valence-electron chi connectivity index (χ0n) is 10.9. The number of hydrogen-bond donors (Lipinski definition) is 2. The molecule has 4 heteroatoms. The van der Waals surface area contributed by atoms with Crippen molar-refractivity contribution in [1.29, 1.82) is 0 Å². The summed E-state index contributed by atoms with van der Waals surface area (Å²) in [6, 6.07) is 7.97. The molecule has 1 heterocycles. The van der Waals surface area contributed by atoms with Gasteiger partial charge in [0.25, 0.3) is 0 Å². The van der Waals surface area contributed by atoms with Gasteiger partial charge in [-0.25, -0.2) is 0 Å². The maximum absolute atomic E-state index is 12.0. The molecule has 3 rings (SSSR count). The highest BCUT2D eigenvalue weighted by Crippen LogP contribution is 2.49. The fourth-order valence-corrected chi connectivity index (χ4v) is 3.21. The first-order valence-electron chi connectivity index (χ1n) is 6.97. The van der Waals surface area contributed by atoms with Crippen LogP contribution in [0.2, 0.25) is 5.02 Å². The number of hydrogen-bond acceptors (Lipinski definition) is 2. The lowest BCUT2D eigenvalue weighted by Crippen LogP contribution is -2.43. The largest absolute Gasteiger partial charge is 0.354 e. The van der Waals surface area contributed by atoms with Crippen molar-refractivity contribution in [2.75, 3.05) is 13.1 Å². The molecule has 0 aromatic heterocycles. The summed E-state index contributed by atoms with van der Waals surface area (Å²) in [6.07, 6.45) is 4.25. The van der Waals surface area contributed by atoms with Crippen molar-refractivity contribution in [3.8, 4) is 0 Å². The van der Waals surface area contributed by atoms with Crippen LogP contribution >= 0.6 is 11.6 Å². The van der Waals surface area contributed by atoms with Gasteiger partial charge >= 0.3 is 0 Å². The summed E-state index contributed by atoms with van der Waals surface area (Å²) >= 11 is 6.27. The smallest absolute Gasteiger partial charge is 0.237 e. The van der Waals surface area contributed by atoms with Crippen LogP contribution in [0.1, 0.15) is 31.2 Å². The van der Waals surface area contributed by atoms with Crippen molar-refractivity contribution < 1.29 is 4.79 Å². The zero-order chi connectivity index (χ0) is 13.3. The second kappa shape index (κ2) is 5.14. The summed E-state index contributed by atoms with van der Waals surface area (Å²) in [6.45, 7) is 1.65. The molecule has 1 amide bonds. The Balaban J connectivity index is 1.63. The van der Waals surface area contributed by atoms with Crippen molar-refractivity contribution >= 4 is 17.5 Å². The minimum Gasteiger partial charge on any atom is -0.354 e. The van der Waals surface area contributed by atoms with Crippen molar-refractivity contribution in [2.24, 2.45) is 0 Å². The first kappa shape index (κ1) is 12.9. The van der Waals surface area contributed by atoms with Gasteiger partial charge in [0.15, 0.2) is 0 Å². The van der Waals surface area contributed by atoms with Crippen LogP contribution in [0.15, 0.2) is 24.3 Å². The van der Waals surface area contributed by atoms with Crippen molar-refractivity contribution in [1.82, 2.24) is 10.6 Å². The molecule has 1 aromatic carbocycles. The van der Waals surface area contributed by atoms with E-state index in [1.807, 2.05) is 18.2 Å². The highest BCUT2D eigenvalue weighted by molar-refractivity contribution is 6.31. The van der Waals surface area contributed by atoms with Gasteiger partial charge in [0.2, 0.25) is 5.91 Å². The van der Waals surface area contributed by atoms with E-state index in [0.717, 1.165) is 37.3 Å². The molecule has 1 aliphatic carbocycles. The Kier molecular flexibility index (Phi) is 3.50. The van der Waals surface area contributed by atoms with Gasteiger partial charge in [-0.1, -0.05) is 29.8 Å². The van der Waals surface area contributed by atoms with E-state index >= 15 is 0 Å². The van der Waals surface area contributed by atoms with Crippen LogP contribution < -0.4 is 10.6 Å². The number of rotatable bonds is 4. The molecule has 1 saturated carbocycles. The van der Waals surface area contributed by atoms with Crippen LogP contribution in [0, 0.1) is 0 Å². The van der Waals surface area contributed by atoms with Gasteiger partial charge in [-0.2, -0.15) is 0 Å². The molecule has 2 fully saturated rings. The second-order valence-corrected chi connectivity index (χ2v) is 6.03. The molecule has 19 heavy (non-hydrogen) atoms. The lowest BCUT2D eigenvalue weighted by molar-refractivity contribution is -0.122. The molecule has 0 radical (unpaired) electrons. The highest BCUT2D eigenvalue weighted by atomic mass is 35.5. The van der Waals surface area contributed by atoms with E-state index < -0.39 is 0 Å². The normalized spacial score (nSPS) is 24.2. The Hall–Kier alpha value is -1.06. The van der Waals surface area contributed by atoms with Crippen LogP contribution in [0.3, 0.4) is 0 Å². The number of amides is 1. The molecule has 1 unspecified atom stereocenters. The van der Waals surface area contributed by atoms with E-state index in [4.69, 9.17) is 11.6 Å². The molecule has 102 valence electrons. The predicted octanol–water partition coefficient (Wildman–Crippen LogP) is 2.24. The van der Waals surface area contributed by atoms with Gasteiger partial charge in [-0.05, 0) is 43.9 Å². The topological polar surface area (TPSA) is 41.1 Å². The third kappa shape index (κ3) is 2.63. The summed E-state index contributed by atoms with van der Waals surface area (Å²) in [5.41, 5.74) is 1.25. The maximum atomic E-state index is 12.0. The van der Waals surface area contributed by atoms with Gasteiger partial charge in [-0.15, -0.1) is 0 Å². The number of carbonyl (C=O) groups excluding carboxylic acids is 1. The molecule has 2 aliphatic rings. The Bertz CT molecular complexity index is 479. The summed E-state index contributed by atoms with van der Waals surface area (Å²) in [5.74, 6) is 0.135. The number of benzene rings is 1. The van der Waals surface area contributed by atoms with Crippen molar-refractivity contribution in [3.63, 3.8) is 0 Å². The third-order valence-electron chi connectivity index (χ3n) is 4.28. The Morgan fingerprint density at radius 2 is 2.21 bits per heavy atom. The molecule has 1 atom stereocenters. The maximum Gasteiger partial charge on any atom is 0.237 e. The van der Waals surface area contributed by atoms with Crippen LogP contribution in [0.5, 0.6) is 0 Å². The fraction of sp³-hybridized carbons (Fsp3) is 0.533. The van der Waals surface area contributed by atoms with Gasteiger partial charge in [-0.3, -0.25) is 4.79 Å². The SMILES string of the molecule is O=C(NCC1(c2ccccc2Cl)CC1)C1CCCN1. The summed E-state index contributed by atoms with van der Waals surface area (Å²) < 4.78 is 0. The van der Waals surface area contributed by atoms with E-state index in [9.17, 15) is 4.79 Å². The first-order valence-corrected chi connectivity index (χ1v) is 7.35. The average Bonchev–Trinajstić information content (AvgIpc) is 3.00. The molecular weight excluding hydrogens is 260 g/mol. The molecular formula is C15H19ClN2O. The minimum absolute atomic E-state index is 0.00189. The van der Waals surface area contributed by atoms with Gasteiger partial charge in [0.1, 0.15) is 0 Å². The van der Waals surface area contributed by atoms with E-state index in [1.165, 1.54) is 5.56 Å². The van der Waals surface area contributed by atoms with Crippen LogP contribution in [0.4, 0.5) is 0 Å². The number of halogens is 1. The Morgan fingerprint density at radius 1 is 1.42 bits per heavy atom. The van der Waals surface area contributed by atoms with Gasteiger partial charge in [0, 0.05) is 17.0 Å². The molecule has 0 bridgehead atoms. The standard InChI is InChI=1S/C15H19ClN2O/c16-12-5-2-1-4-11(12)15(7-8-15)10-18-14(19)13-6-3-9-17-13/h1-2,4-5,13,17H,3,6-10H2,(H,18,19). The van der Waals surface area contributed by atoms with Crippen molar-refractivity contribution in [3.05, 3.63) is 34.9 Å². The third-order valence-corrected chi connectivity index (χ3v) is 4.61. The Labute approximate surface area is 118 Å². The van der Waals surface area contributed by atoms with E-state index in [2.05, 4.69) is 16.7 Å². The lowest BCUT2D eigenvalue weighted by atomic mass is 9.95. The van der Waals surface area contributed by atoms with Crippen LogP contribution in [0.25, 0.3) is 0 Å². The van der Waals surface area contributed by atoms with E-state index in [1.54, 1.807) is 0 Å². The number of nitrogens with one attached hydrogen (secondary N) is 2. The molecule has 2 N–H and O–H groups in total. The van der Waals surface area contributed by atoms with Crippen molar-refractivity contribution in [2.45, 2.75) is 37.1 Å². The van der Waals surface area contributed by atoms with Crippen LogP contribution in [-0.2, 0) is 10.2 Å². The second-order valence-electron chi connectivity index (χ2n) is 5.63.